The number of benzene rings is 2. The molecule has 0 N–H and O–H groups in total. The van der Waals surface area contributed by atoms with Gasteiger partial charge in [0.05, 0.1) is 7.11 Å². The van der Waals surface area contributed by atoms with Crippen LogP contribution in [0.1, 0.15) is 28.6 Å². The molecule has 6 heteroatoms. The van der Waals surface area contributed by atoms with Crippen LogP contribution in [0.15, 0.2) is 40.8 Å². The van der Waals surface area contributed by atoms with E-state index in [2.05, 4.69) is 0 Å². The van der Waals surface area contributed by atoms with Crippen LogP contribution in [0.25, 0.3) is 11.0 Å². The molecule has 0 saturated heterocycles. The number of hydrogen-bond donors (Lipinski definition) is 0. The van der Waals surface area contributed by atoms with Crippen LogP contribution in [0.2, 0.25) is 0 Å². The zero-order valence-corrected chi connectivity index (χ0v) is 16.3. The molecule has 28 heavy (non-hydrogen) atoms. The summed E-state index contributed by atoms with van der Waals surface area (Å²) in [5.74, 6) is 2.37. The van der Waals surface area contributed by atoms with E-state index >= 15 is 0 Å². The molecule has 4 rings (SSSR count). The lowest BCUT2D eigenvalue weighted by atomic mass is 10.1. The second kappa shape index (κ2) is 7.46. The van der Waals surface area contributed by atoms with Gasteiger partial charge in [-0.25, -0.2) is 0 Å². The minimum Gasteiger partial charge on any atom is -0.497 e. The van der Waals surface area contributed by atoms with E-state index in [0.29, 0.717) is 43.4 Å². The SMILES string of the molecule is CCN(Cc1cccc2c1OCCO2)C(=O)c1oc2ccc(OC)cc2c1C. The van der Waals surface area contributed by atoms with Gasteiger partial charge in [-0.2, -0.15) is 0 Å². The number of ether oxygens (including phenoxy) is 3. The zero-order valence-electron chi connectivity index (χ0n) is 16.3. The number of furan rings is 1. The van der Waals surface area contributed by atoms with Crippen molar-refractivity contribution in [3.63, 3.8) is 0 Å². The first-order valence-electron chi connectivity index (χ1n) is 9.36. The average Bonchev–Trinajstić information content (AvgIpc) is 3.07. The van der Waals surface area contributed by atoms with Crippen molar-refractivity contribution < 1.29 is 23.4 Å². The molecule has 1 amide bonds. The average molecular weight is 381 g/mol. The summed E-state index contributed by atoms with van der Waals surface area (Å²) in [5.41, 5.74) is 2.40. The summed E-state index contributed by atoms with van der Waals surface area (Å²) in [6.07, 6.45) is 0. The molecule has 1 aliphatic rings. The molecule has 6 nitrogen and oxygen atoms in total. The van der Waals surface area contributed by atoms with Gasteiger partial charge in [0.15, 0.2) is 17.3 Å². The van der Waals surface area contributed by atoms with Crippen LogP contribution in [0, 0.1) is 6.92 Å². The van der Waals surface area contributed by atoms with Crippen molar-refractivity contribution in [1.82, 2.24) is 4.90 Å². The Morgan fingerprint density at radius 1 is 1.18 bits per heavy atom. The Labute approximate surface area is 163 Å². The minimum atomic E-state index is -0.149. The first-order chi connectivity index (χ1) is 13.6. The Balaban J connectivity index is 1.65. The number of aryl methyl sites for hydroxylation is 1. The molecular weight excluding hydrogens is 358 g/mol. The molecule has 0 radical (unpaired) electrons. The summed E-state index contributed by atoms with van der Waals surface area (Å²) >= 11 is 0. The molecule has 0 fully saturated rings. The van der Waals surface area contributed by atoms with Gasteiger partial charge >= 0.3 is 0 Å². The molecule has 0 unspecified atom stereocenters. The highest BCUT2D eigenvalue weighted by Crippen LogP contribution is 2.35. The quantitative estimate of drug-likeness (QED) is 0.663. The fourth-order valence-electron chi connectivity index (χ4n) is 3.47. The van der Waals surface area contributed by atoms with Crippen molar-refractivity contribution in [2.45, 2.75) is 20.4 Å². The molecule has 1 aromatic heterocycles. The predicted octanol–water partition coefficient (Wildman–Crippen LogP) is 4.18. The van der Waals surface area contributed by atoms with Crippen LogP contribution in [-0.2, 0) is 6.54 Å². The predicted molar refractivity (Wildman–Crippen MR) is 105 cm³/mol. The maximum absolute atomic E-state index is 13.2. The maximum atomic E-state index is 13.2. The zero-order chi connectivity index (χ0) is 19.7. The molecule has 3 aromatic rings. The number of amides is 1. The number of para-hydroxylation sites is 1. The number of methoxy groups -OCH3 is 1. The third-order valence-corrected chi connectivity index (χ3v) is 5.02. The minimum absolute atomic E-state index is 0.149. The van der Waals surface area contributed by atoms with E-state index in [4.69, 9.17) is 18.6 Å². The second-order valence-electron chi connectivity index (χ2n) is 6.68. The molecule has 1 aliphatic heterocycles. The first kappa shape index (κ1) is 18.2. The Morgan fingerprint density at radius 2 is 2.00 bits per heavy atom. The fraction of sp³-hybridized carbons (Fsp3) is 0.318. The van der Waals surface area contributed by atoms with Crippen molar-refractivity contribution in [3.8, 4) is 17.2 Å². The third-order valence-electron chi connectivity index (χ3n) is 5.02. The number of fused-ring (bicyclic) bond motifs is 2. The van der Waals surface area contributed by atoms with Crippen molar-refractivity contribution in [3.05, 3.63) is 53.3 Å². The van der Waals surface area contributed by atoms with Gasteiger partial charge in [-0.15, -0.1) is 0 Å². The summed E-state index contributed by atoms with van der Waals surface area (Å²) in [6, 6.07) is 11.3. The molecule has 2 heterocycles. The highest BCUT2D eigenvalue weighted by atomic mass is 16.6. The number of hydrogen-bond acceptors (Lipinski definition) is 5. The lowest BCUT2D eigenvalue weighted by Gasteiger charge is -2.25. The van der Waals surface area contributed by atoms with Gasteiger partial charge in [0, 0.05) is 29.6 Å². The molecular formula is C22H23NO5. The van der Waals surface area contributed by atoms with Gasteiger partial charge < -0.3 is 23.5 Å². The summed E-state index contributed by atoms with van der Waals surface area (Å²) in [5, 5.41) is 0.882. The number of rotatable bonds is 5. The van der Waals surface area contributed by atoms with E-state index in [1.54, 1.807) is 12.0 Å². The van der Waals surface area contributed by atoms with Crippen molar-refractivity contribution in [1.29, 1.82) is 0 Å². The maximum Gasteiger partial charge on any atom is 0.290 e. The number of nitrogens with zero attached hydrogens (tertiary/aromatic N) is 1. The normalized spacial score (nSPS) is 12.8. The molecule has 2 aromatic carbocycles. The van der Waals surface area contributed by atoms with Crippen LogP contribution in [-0.4, -0.2) is 37.7 Å². The monoisotopic (exact) mass is 381 g/mol. The van der Waals surface area contributed by atoms with E-state index in [1.807, 2.05) is 50.2 Å². The van der Waals surface area contributed by atoms with Crippen molar-refractivity contribution in [2.24, 2.45) is 0 Å². The van der Waals surface area contributed by atoms with Crippen LogP contribution >= 0.6 is 0 Å². The van der Waals surface area contributed by atoms with Gasteiger partial charge in [0.25, 0.3) is 5.91 Å². The Bertz CT molecular complexity index is 1020. The van der Waals surface area contributed by atoms with E-state index in [9.17, 15) is 4.79 Å². The van der Waals surface area contributed by atoms with Crippen LogP contribution in [0.4, 0.5) is 0 Å². The van der Waals surface area contributed by atoms with E-state index in [1.165, 1.54) is 0 Å². The molecule has 0 saturated carbocycles. The Hall–Kier alpha value is -3.15. The van der Waals surface area contributed by atoms with Gasteiger partial charge in [0.2, 0.25) is 0 Å². The first-order valence-corrected chi connectivity index (χ1v) is 9.36. The standard InChI is InChI=1S/C22H23NO5/c1-4-23(13-15-6-5-7-19-21(15)27-11-10-26-19)22(24)20-14(2)17-12-16(25-3)8-9-18(17)28-20/h5-9,12H,4,10-11,13H2,1-3H3. The van der Waals surface area contributed by atoms with Gasteiger partial charge in [0.1, 0.15) is 24.5 Å². The van der Waals surface area contributed by atoms with Gasteiger partial charge in [-0.05, 0) is 38.1 Å². The fourth-order valence-corrected chi connectivity index (χ4v) is 3.47. The highest BCUT2D eigenvalue weighted by Gasteiger charge is 2.25. The molecule has 0 spiro atoms. The van der Waals surface area contributed by atoms with E-state index in [-0.39, 0.29) is 5.91 Å². The molecule has 146 valence electrons. The molecule has 0 atom stereocenters. The lowest BCUT2D eigenvalue weighted by Crippen LogP contribution is -2.31. The topological polar surface area (TPSA) is 61.1 Å². The van der Waals surface area contributed by atoms with E-state index < -0.39 is 0 Å². The van der Waals surface area contributed by atoms with Crippen molar-refractivity contribution in [2.75, 3.05) is 26.9 Å². The third kappa shape index (κ3) is 3.15. The summed E-state index contributed by atoms with van der Waals surface area (Å²) in [4.78, 5) is 15.0. The van der Waals surface area contributed by atoms with Crippen LogP contribution < -0.4 is 14.2 Å². The van der Waals surface area contributed by atoms with Crippen LogP contribution in [0.3, 0.4) is 0 Å². The number of carbonyl (C=O) groups excluding carboxylic acids is 1. The number of carbonyl (C=O) groups is 1. The summed E-state index contributed by atoms with van der Waals surface area (Å²) < 4.78 is 22.6. The second-order valence-corrected chi connectivity index (χ2v) is 6.68. The van der Waals surface area contributed by atoms with Crippen molar-refractivity contribution >= 4 is 16.9 Å². The Morgan fingerprint density at radius 3 is 2.79 bits per heavy atom. The summed E-state index contributed by atoms with van der Waals surface area (Å²) in [6.45, 7) is 5.85. The smallest absolute Gasteiger partial charge is 0.290 e. The van der Waals surface area contributed by atoms with Gasteiger partial charge in [-0.1, -0.05) is 12.1 Å². The highest BCUT2D eigenvalue weighted by molar-refractivity contribution is 5.99. The van der Waals surface area contributed by atoms with E-state index in [0.717, 1.165) is 28.0 Å². The largest absolute Gasteiger partial charge is 0.497 e. The Kier molecular flexibility index (Phi) is 4.86. The summed E-state index contributed by atoms with van der Waals surface area (Å²) in [7, 11) is 1.62. The molecule has 0 aliphatic carbocycles. The lowest BCUT2D eigenvalue weighted by molar-refractivity contribution is 0.0718. The van der Waals surface area contributed by atoms with Gasteiger partial charge in [-0.3, -0.25) is 4.79 Å². The van der Waals surface area contributed by atoms with Crippen LogP contribution in [0.5, 0.6) is 17.2 Å². The molecule has 0 bridgehead atoms.